The van der Waals surface area contributed by atoms with Crippen molar-refractivity contribution in [3.8, 4) is 11.8 Å². The molecule has 0 unspecified atom stereocenters. The van der Waals surface area contributed by atoms with Gasteiger partial charge in [-0.05, 0) is 0 Å². The van der Waals surface area contributed by atoms with Crippen molar-refractivity contribution >= 4 is 19.4 Å². The molecule has 3 rings (SSSR count). The van der Waals surface area contributed by atoms with Crippen LogP contribution in [0.2, 0.25) is 0 Å². The molecule has 0 aliphatic rings. The first-order valence-electron chi connectivity index (χ1n) is 7.25. The number of hydrogen-bond acceptors (Lipinski definition) is 0. The van der Waals surface area contributed by atoms with E-state index in [1.807, 2.05) is 30.3 Å². The first-order chi connectivity index (χ1) is 10.9. The molecule has 0 bridgehead atoms. The van der Waals surface area contributed by atoms with E-state index in [4.69, 9.17) is 0 Å². The van der Waals surface area contributed by atoms with Gasteiger partial charge in [0.05, 0.1) is 0 Å². The van der Waals surface area contributed by atoms with Crippen molar-refractivity contribution in [2.24, 2.45) is 0 Å². The molecule has 0 atom stereocenters. The van der Waals surface area contributed by atoms with E-state index in [1.165, 1.54) is 10.0 Å². The van der Waals surface area contributed by atoms with Crippen molar-refractivity contribution in [1.29, 1.82) is 0 Å². The minimum atomic E-state index is 0.450. The van der Waals surface area contributed by atoms with E-state index in [2.05, 4.69) is 66.4 Å². The van der Waals surface area contributed by atoms with Crippen LogP contribution < -0.4 is 4.46 Å². The molecule has 0 N–H and O–H groups in total. The molecule has 3 aromatic rings. The molecule has 0 fully saturated rings. The predicted molar refractivity (Wildman–Crippen MR) is 94.4 cm³/mol. The van der Waals surface area contributed by atoms with E-state index >= 15 is 0 Å². The first-order valence-corrected chi connectivity index (χ1v) is 9.31. The van der Waals surface area contributed by atoms with E-state index in [1.54, 1.807) is 0 Å². The topological polar surface area (TPSA) is 0 Å². The average molecular weight is 347 g/mol. The SMILES string of the molecule is C(#Cc1ccccc1C[Se]c1ccccc1)c1ccccc1. The summed E-state index contributed by atoms with van der Waals surface area (Å²) in [6, 6.07) is 29.3. The quantitative estimate of drug-likeness (QED) is 0.502. The van der Waals surface area contributed by atoms with E-state index in [9.17, 15) is 0 Å². The second kappa shape index (κ2) is 7.66. The summed E-state index contributed by atoms with van der Waals surface area (Å²) in [5.41, 5.74) is 3.55. The zero-order valence-corrected chi connectivity index (χ0v) is 13.9. The van der Waals surface area contributed by atoms with Crippen LogP contribution in [-0.4, -0.2) is 15.0 Å². The Labute approximate surface area is 138 Å². The average Bonchev–Trinajstić information content (AvgIpc) is 2.61. The summed E-state index contributed by atoms with van der Waals surface area (Å²) < 4.78 is 1.43. The van der Waals surface area contributed by atoms with Crippen molar-refractivity contribution in [3.05, 3.63) is 102 Å². The van der Waals surface area contributed by atoms with Gasteiger partial charge in [-0.25, -0.2) is 0 Å². The van der Waals surface area contributed by atoms with Crippen LogP contribution in [0.15, 0.2) is 84.9 Å². The van der Waals surface area contributed by atoms with Gasteiger partial charge in [-0.1, -0.05) is 0 Å². The fourth-order valence-electron chi connectivity index (χ4n) is 2.11. The zero-order valence-electron chi connectivity index (χ0n) is 12.2. The molecule has 0 heterocycles. The Hall–Kier alpha value is -2.26. The maximum atomic E-state index is 3.33. The molecule has 22 heavy (non-hydrogen) atoms. The summed E-state index contributed by atoms with van der Waals surface area (Å²) in [4.78, 5) is 0. The Kier molecular flexibility index (Phi) is 5.11. The third-order valence-corrected chi connectivity index (χ3v) is 5.50. The molecule has 0 aromatic heterocycles. The van der Waals surface area contributed by atoms with Gasteiger partial charge in [0.25, 0.3) is 0 Å². The summed E-state index contributed by atoms with van der Waals surface area (Å²) in [7, 11) is 0. The molecule has 0 nitrogen and oxygen atoms in total. The van der Waals surface area contributed by atoms with Gasteiger partial charge in [0.2, 0.25) is 0 Å². The molecule has 0 saturated carbocycles. The van der Waals surface area contributed by atoms with Gasteiger partial charge >= 0.3 is 138 Å². The third kappa shape index (κ3) is 4.12. The van der Waals surface area contributed by atoms with Crippen LogP contribution in [0.4, 0.5) is 0 Å². The van der Waals surface area contributed by atoms with Crippen molar-refractivity contribution in [1.82, 2.24) is 0 Å². The molecule has 0 amide bonds. The van der Waals surface area contributed by atoms with Crippen LogP contribution in [0.25, 0.3) is 0 Å². The van der Waals surface area contributed by atoms with Gasteiger partial charge in [0.1, 0.15) is 0 Å². The fourth-order valence-corrected chi connectivity index (χ4v) is 4.04. The summed E-state index contributed by atoms with van der Waals surface area (Å²) in [5, 5.41) is 1.08. The van der Waals surface area contributed by atoms with Crippen LogP contribution in [0, 0.1) is 11.8 Å². The summed E-state index contributed by atoms with van der Waals surface area (Å²) >= 11 is 0.450. The molecule has 1 heteroatoms. The molecular formula is C21H16Se. The summed E-state index contributed by atoms with van der Waals surface area (Å²) in [5.74, 6) is 6.58. The Balaban J connectivity index is 1.77. The van der Waals surface area contributed by atoms with Gasteiger partial charge in [-0.2, -0.15) is 0 Å². The van der Waals surface area contributed by atoms with Crippen LogP contribution >= 0.6 is 0 Å². The zero-order chi connectivity index (χ0) is 15.0. The van der Waals surface area contributed by atoms with Crippen LogP contribution in [0.5, 0.6) is 0 Å². The van der Waals surface area contributed by atoms with Gasteiger partial charge in [0.15, 0.2) is 0 Å². The van der Waals surface area contributed by atoms with Crippen LogP contribution in [-0.2, 0) is 5.32 Å². The summed E-state index contributed by atoms with van der Waals surface area (Å²) in [6.45, 7) is 0. The van der Waals surface area contributed by atoms with E-state index in [-0.39, 0.29) is 0 Å². The number of hydrogen-bond donors (Lipinski definition) is 0. The molecule has 0 spiro atoms. The standard InChI is InChI=1S/C21H16Se/c1-3-9-18(10-4-1)15-16-19-11-7-8-12-20(19)17-22-21-13-5-2-6-14-21/h1-14H,17H2. The molecule has 106 valence electrons. The monoisotopic (exact) mass is 348 g/mol. The van der Waals surface area contributed by atoms with Crippen molar-refractivity contribution in [3.63, 3.8) is 0 Å². The predicted octanol–water partition coefficient (Wildman–Crippen LogP) is 3.62. The van der Waals surface area contributed by atoms with Crippen molar-refractivity contribution in [2.75, 3.05) is 0 Å². The minimum absolute atomic E-state index is 0.450. The van der Waals surface area contributed by atoms with E-state index in [0.717, 1.165) is 16.4 Å². The van der Waals surface area contributed by atoms with Gasteiger partial charge in [0, 0.05) is 0 Å². The van der Waals surface area contributed by atoms with Gasteiger partial charge in [-0.15, -0.1) is 0 Å². The Morgan fingerprint density at radius 2 is 1.27 bits per heavy atom. The second-order valence-electron chi connectivity index (χ2n) is 4.87. The summed E-state index contributed by atoms with van der Waals surface area (Å²) in [6.07, 6.45) is 0. The number of benzene rings is 3. The molecule has 0 radical (unpaired) electrons. The molecule has 0 saturated heterocycles. The van der Waals surface area contributed by atoms with E-state index < -0.39 is 0 Å². The van der Waals surface area contributed by atoms with Gasteiger partial charge in [-0.3, -0.25) is 0 Å². The first kappa shape index (κ1) is 14.7. The normalized spacial score (nSPS) is 9.82. The second-order valence-corrected chi connectivity index (χ2v) is 7.08. The van der Waals surface area contributed by atoms with Gasteiger partial charge < -0.3 is 0 Å². The Bertz CT molecular complexity index is 780. The molecule has 0 aliphatic heterocycles. The van der Waals surface area contributed by atoms with Crippen LogP contribution in [0.1, 0.15) is 16.7 Å². The fraction of sp³-hybridized carbons (Fsp3) is 0.0476. The molecule has 3 aromatic carbocycles. The number of rotatable bonds is 3. The van der Waals surface area contributed by atoms with E-state index in [0.29, 0.717) is 15.0 Å². The van der Waals surface area contributed by atoms with Crippen LogP contribution in [0.3, 0.4) is 0 Å². The van der Waals surface area contributed by atoms with Crippen molar-refractivity contribution < 1.29 is 0 Å². The third-order valence-electron chi connectivity index (χ3n) is 3.27. The Morgan fingerprint density at radius 1 is 0.636 bits per heavy atom. The molecular weight excluding hydrogens is 331 g/mol. The maximum absolute atomic E-state index is 3.33. The van der Waals surface area contributed by atoms with Crippen molar-refractivity contribution in [2.45, 2.75) is 5.32 Å². The Morgan fingerprint density at radius 3 is 2.05 bits per heavy atom. The molecule has 0 aliphatic carbocycles.